The number of hydrogen-bond acceptors (Lipinski definition) is 2. The Labute approximate surface area is 133 Å². The highest BCUT2D eigenvalue weighted by molar-refractivity contribution is 6.31. The number of anilines is 1. The van der Waals surface area contributed by atoms with Gasteiger partial charge in [0.1, 0.15) is 11.6 Å². The first-order valence-corrected chi connectivity index (χ1v) is 7.18. The van der Waals surface area contributed by atoms with E-state index in [9.17, 15) is 9.18 Å². The maximum Gasteiger partial charge on any atom is 0.319 e. The van der Waals surface area contributed by atoms with Crippen molar-refractivity contribution < 1.29 is 13.9 Å². The van der Waals surface area contributed by atoms with Gasteiger partial charge >= 0.3 is 6.03 Å². The van der Waals surface area contributed by atoms with E-state index in [4.69, 9.17) is 16.3 Å². The third-order valence-corrected chi connectivity index (χ3v) is 3.09. The number of carbonyl (C=O) groups excluding carboxylic acids is 1. The van der Waals surface area contributed by atoms with Crippen molar-refractivity contribution in [2.45, 2.75) is 13.5 Å². The maximum absolute atomic E-state index is 12.8. The quantitative estimate of drug-likeness (QED) is 0.866. The van der Waals surface area contributed by atoms with Crippen LogP contribution in [-0.4, -0.2) is 12.6 Å². The lowest BCUT2D eigenvalue weighted by Gasteiger charge is -2.12. The normalized spacial score (nSPS) is 10.1. The van der Waals surface area contributed by atoms with Gasteiger partial charge in [-0.25, -0.2) is 9.18 Å². The summed E-state index contributed by atoms with van der Waals surface area (Å²) in [5.74, 6) is 0.234. The van der Waals surface area contributed by atoms with Gasteiger partial charge in [-0.1, -0.05) is 23.7 Å². The van der Waals surface area contributed by atoms with Gasteiger partial charge < -0.3 is 15.4 Å². The molecule has 22 heavy (non-hydrogen) atoms. The predicted molar refractivity (Wildman–Crippen MR) is 84.9 cm³/mol. The summed E-state index contributed by atoms with van der Waals surface area (Å²) in [6.07, 6.45) is 0. The first-order chi connectivity index (χ1) is 10.6. The van der Waals surface area contributed by atoms with Gasteiger partial charge in [0.25, 0.3) is 0 Å². The lowest BCUT2D eigenvalue weighted by Crippen LogP contribution is -2.28. The van der Waals surface area contributed by atoms with Crippen molar-refractivity contribution in [3.63, 3.8) is 0 Å². The summed E-state index contributed by atoms with van der Waals surface area (Å²) in [5, 5.41) is 5.87. The lowest BCUT2D eigenvalue weighted by molar-refractivity contribution is 0.251. The van der Waals surface area contributed by atoms with Crippen LogP contribution in [0.2, 0.25) is 5.02 Å². The fraction of sp³-hybridized carbons (Fsp3) is 0.188. The second-order valence-electron chi connectivity index (χ2n) is 4.51. The van der Waals surface area contributed by atoms with E-state index in [1.807, 2.05) is 6.92 Å². The minimum atomic E-state index is -0.396. The Kier molecular flexibility index (Phi) is 5.61. The highest BCUT2D eigenvalue weighted by Gasteiger charge is 2.08. The van der Waals surface area contributed by atoms with Crippen molar-refractivity contribution in [3.8, 4) is 5.75 Å². The predicted octanol–water partition coefficient (Wildman–Crippen LogP) is 4.20. The Hall–Kier alpha value is -2.27. The summed E-state index contributed by atoms with van der Waals surface area (Å²) < 4.78 is 18.2. The van der Waals surface area contributed by atoms with E-state index in [1.165, 1.54) is 12.1 Å². The van der Waals surface area contributed by atoms with Gasteiger partial charge in [-0.05, 0) is 42.8 Å². The summed E-state index contributed by atoms with van der Waals surface area (Å²) in [6, 6.07) is 10.5. The van der Waals surface area contributed by atoms with Crippen LogP contribution in [0.25, 0.3) is 0 Å². The highest BCUT2D eigenvalue weighted by atomic mass is 35.5. The molecule has 116 valence electrons. The molecular formula is C16H16ClFN2O2. The molecular weight excluding hydrogens is 307 g/mol. The van der Waals surface area contributed by atoms with E-state index in [0.29, 0.717) is 23.1 Å². The van der Waals surface area contributed by atoms with Crippen LogP contribution in [0.1, 0.15) is 12.5 Å². The van der Waals surface area contributed by atoms with Crippen molar-refractivity contribution in [1.82, 2.24) is 5.32 Å². The average molecular weight is 323 g/mol. The molecule has 2 aromatic rings. The number of carbonyl (C=O) groups is 1. The first-order valence-electron chi connectivity index (χ1n) is 6.80. The van der Waals surface area contributed by atoms with E-state index < -0.39 is 6.03 Å². The fourth-order valence-electron chi connectivity index (χ4n) is 1.83. The van der Waals surface area contributed by atoms with Crippen LogP contribution in [0.3, 0.4) is 0 Å². The molecule has 2 rings (SSSR count). The summed E-state index contributed by atoms with van der Waals surface area (Å²) in [4.78, 5) is 11.9. The van der Waals surface area contributed by atoms with Crippen molar-refractivity contribution in [1.29, 1.82) is 0 Å². The second-order valence-corrected chi connectivity index (χ2v) is 4.94. The SMILES string of the molecule is CCOc1ccc(Cl)cc1NC(=O)NCc1ccc(F)cc1. The number of hydrogen-bond donors (Lipinski definition) is 2. The van der Waals surface area contributed by atoms with Gasteiger partial charge in [-0.3, -0.25) is 0 Å². The third-order valence-electron chi connectivity index (χ3n) is 2.86. The molecule has 0 bridgehead atoms. The zero-order valence-electron chi connectivity index (χ0n) is 12.0. The lowest BCUT2D eigenvalue weighted by atomic mass is 10.2. The Morgan fingerprint density at radius 3 is 2.64 bits per heavy atom. The van der Waals surface area contributed by atoms with Crippen LogP contribution >= 0.6 is 11.6 Å². The number of rotatable bonds is 5. The molecule has 2 aromatic carbocycles. The molecule has 4 nitrogen and oxygen atoms in total. The third kappa shape index (κ3) is 4.63. The Balaban J connectivity index is 1.96. The largest absolute Gasteiger partial charge is 0.492 e. The molecule has 0 radical (unpaired) electrons. The number of urea groups is 1. The maximum atomic E-state index is 12.8. The molecule has 0 atom stereocenters. The van der Waals surface area contributed by atoms with Gasteiger partial charge in [0.15, 0.2) is 0 Å². The van der Waals surface area contributed by atoms with Crippen LogP contribution in [0, 0.1) is 5.82 Å². The minimum absolute atomic E-state index is 0.288. The Morgan fingerprint density at radius 2 is 1.95 bits per heavy atom. The van der Waals surface area contributed by atoms with Crippen molar-refractivity contribution >= 4 is 23.3 Å². The molecule has 0 unspecified atom stereocenters. The summed E-state index contributed by atoms with van der Waals surface area (Å²) >= 11 is 5.93. The number of nitrogens with one attached hydrogen (secondary N) is 2. The molecule has 0 aliphatic heterocycles. The smallest absolute Gasteiger partial charge is 0.319 e. The zero-order valence-corrected chi connectivity index (χ0v) is 12.8. The molecule has 6 heteroatoms. The molecule has 0 saturated heterocycles. The first kappa shape index (κ1) is 16.1. The van der Waals surface area contributed by atoms with Gasteiger partial charge in [0.2, 0.25) is 0 Å². The van der Waals surface area contributed by atoms with E-state index in [1.54, 1.807) is 30.3 Å². The molecule has 0 aromatic heterocycles. The summed E-state index contributed by atoms with van der Waals surface area (Å²) in [7, 11) is 0. The number of halogens is 2. The second kappa shape index (κ2) is 7.66. The minimum Gasteiger partial charge on any atom is -0.492 e. The molecule has 0 saturated carbocycles. The zero-order chi connectivity index (χ0) is 15.9. The van der Waals surface area contributed by atoms with E-state index >= 15 is 0 Å². The standard InChI is InChI=1S/C16H16ClFN2O2/c1-2-22-15-8-5-12(17)9-14(15)20-16(21)19-10-11-3-6-13(18)7-4-11/h3-9H,2,10H2,1H3,(H2,19,20,21). The van der Waals surface area contributed by atoms with E-state index in [-0.39, 0.29) is 12.4 Å². The van der Waals surface area contributed by atoms with Crippen LogP contribution in [0.4, 0.5) is 14.9 Å². The Morgan fingerprint density at radius 1 is 1.23 bits per heavy atom. The van der Waals surface area contributed by atoms with Crippen molar-refractivity contribution in [2.75, 3.05) is 11.9 Å². The Bertz CT molecular complexity index is 647. The topological polar surface area (TPSA) is 50.4 Å². The number of amides is 2. The summed E-state index contributed by atoms with van der Waals surface area (Å²) in [5.41, 5.74) is 1.29. The molecule has 0 aliphatic carbocycles. The van der Waals surface area contributed by atoms with Crippen LogP contribution in [0.15, 0.2) is 42.5 Å². The fourth-order valence-corrected chi connectivity index (χ4v) is 2.00. The molecule has 0 fully saturated rings. The summed E-state index contributed by atoms with van der Waals surface area (Å²) in [6.45, 7) is 2.62. The van der Waals surface area contributed by atoms with Crippen molar-refractivity contribution in [2.24, 2.45) is 0 Å². The van der Waals surface area contributed by atoms with Gasteiger partial charge in [0, 0.05) is 11.6 Å². The average Bonchev–Trinajstić information content (AvgIpc) is 2.49. The monoisotopic (exact) mass is 322 g/mol. The molecule has 2 N–H and O–H groups in total. The van der Waals surface area contributed by atoms with Crippen LogP contribution < -0.4 is 15.4 Å². The van der Waals surface area contributed by atoms with Gasteiger partial charge in [0.05, 0.1) is 12.3 Å². The van der Waals surface area contributed by atoms with Gasteiger partial charge in [-0.2, -0.15) is 0 Å². The molecule has 0 aliphatic rings. The molecule has 2 amide bonds. The van der Waals surface area contributed by atoms with Crippen molar-refractivity contribution in [3.05, 3.63) is 58.9 Å². The molecule has 0 spiro atoms. The number of ether oxygens (including phenoxy) is 1. The van der Waals surface area contributed by atoms with Gasteiger partial charge in [-0.15, -0.1) is 0 Å². The van der Waals surface area contributed by atoms with E-state index in [0.717, 1.165) is 5.56 Å². The number of benzene rings is 2. The highest BCUT2D eigenvalue weighted by Crippen LogP contribution is 2.27. The van der Waals surface area contributed by atoms with Crippen LogP contribution in [0.5, 0.6) is 5.75 Å². The van der Waals surface area contributed by atoms with E-state index in [2.05, 4.69) is 10.6 Å². The molecule has 0 heterocycles. The van der Waals surface area contributed by atoms with Crippen LogP contribution in [-0.2, 0) is 6.54 Å².